The Labute approximate surface area is 148 Å². The topological polar surface area (TPSA) is 4.41 Å². The van der Waals surface area contributed by atoms with Crippen LogP contribution in [0.2, 0.25) is 0 Å². The lowest BCUT2D eigenvalue weighted by Crippen LogP contribution is -2.19. The number of aromatic nitrogens is 1. The third-order valence-electron chi connectivity index (χ3n) is 6.46. The van der Waals surface area contributed by atoms with Crippen molar-refractivity contribution in [3.05, 3.63) is 66.2 Å². The van der Waals surface area contributed by atoms with Crippen molar-refractivity contribution < 1.29 is 0 Å². The number of para-hydroxylation sites is 2. The molecule has 0 aliphatic rings. The van der Waals surface area contributed by atoms with E-state index in [1.165, 1.54) is 43.7 Å². The van der Waals surface area contributed by atoms with E-state index in [2.05, 4.69) is 85.8 Å². The van der Waals surface area contributed by atoms with Gasteiger partial charge >= 0.3 is 0 Å². The Morgan fingerprint density at radius 3 is 1.68 bits per heavy atom. The van der Waals surface area contributed by atoms with Gasteiger partial charge in [0, 0.05) is 21.5 Å². The summed E-state index contributed by atoms with van der Waals surface area (Å²) in [5.41, 5.74) is 5.71. The number of benzene rings is 3. The maximum Gasteiger partial charge on any atom is 0.0620 e. The average molecular weight is 325 g/mol. The zero-order valence-corrected chi connectivity index (χ0v) is 15.1. The molecular formula is C24H23N. The fourth-order valence-corrected chi connectivity index (χ4v) is 4.46. The molecule has 1 nitrogen and oxygen atoms in total. The first-order valence-corrected chi connectivity index (χ1v) is 9.35. The molecule has 2 heterocycles. The van der Waals surface area contributed by atoms with Gasteiger partial charge in [0.2, 0.25) is 0 Å². The summed E-state index contributed by atoms with van der Waals surface area (Å²) in [5, 5.41) is 5.52. The summed E-state index contributed by atoms with van der Waals surface area (Å²) >= 11 is 0. The van der Waals surface area contributed by atoms with E-state index in [1.54, 1.807) is 0 Å². The smallest absolute Gasteiger partial charge is 0.0620 e. The van der Waals surface area contributed by atoms with Gasteiger partial charge in [-0.1, -0.05) is 57.2 Å². The monoisotopic (exact) mass is 325 g/mol. The van der Waals surface area contributed by atoms with Gasteiger partial charge < -0.3 is 4.40 Å². The van der Waals surface area contributed by atoms with Crippen LogP contribution in [0.5, 0.6) is 0 Å². The zero-order chi connectivity index (χ0) is 17.2. The molecule has 5 aromatic rings. The van der Waals surface area contributed by atoms with Crippen LogP contribution < -0.4 is 0 Å². The van der Waals surface area contributed by atoms with Gasteiger partial charge in [-0.3, -0.25) is 0 Å². The van der Waals surface area contributed by atoms with Crippen LogP contribution in [-0.4, -0.2) is 4.40 Å². The Balaban J connectivity index is 2.08. The van der Waals surface area contributed by atoms with Crippen molar-refractivity contribution in [2.45, 2.75) is 39.0 Å². The summed E-state index contributed by atoms with van der Waals surface area (Å²) in [6.45, 7) is 7.02. The van der Waals surface area contributed by atoms with Gasteiger partial charge in [0.25, 0.3) is 0 Å². The molecule has 0 saturated carbocycles. The largest absolute Gasteiger partial charge is 0.308 e. The zero-order valence-electron chi connectivity index (χ0n) is 15.1. The summed E-state index contributed by atoms with van der Waals surface area (Å²) < 4.78 is 2.45. The molecule has 2 aromatic heterocycles. The molecule has 5 rings (SSSR count). The van der Waals surface area contributed by atoms with Crippen LogP contribution in [-0.2, 0) is 5.41 Å². The quantitative estimate of drug-likeness (QED) is 0.339. The van der Waals surface area contributed by atoms with Crippen molar-refractivity contribution >= 4 is 38.1 Å². The molecule has 0 saturated heterocycles. The summed E-state index contributed by atoms with van der Waals surface area (Å²) in [5.74, 6) is 0. The summed E-state index contributed by atoms with van der Waals surface area (Å²) in [4.78, 5) is 0. The van der Waals surface area contributed by atoms with E-state index in [-0.39, 0.29) is 5.41 Å². The lowest BCUT2D eigenvalue weighted by Gasteiger charge is -2.27. The first-order chi connectivity index (χ1) is 12.2. The number of fused-ring (bicyclic) bond motifs is 6. The van der Waals surface area contributed by atoms with E-state index in [1.807, 2.05) is 0 Å². The number of hydrogen-bond acceptors (Lipinski definition) is 0. The predicted molar refractivity (Wildman–Crippen MR) is 109 cm³/mol. The average Bonchev–Trinajstić information content (AvgIpc) is 3.18. The van der Waals surface area contributed by atoms with Crippen LogP contribution in [0.15, 0.2) is 60.7 Å². The van der Waals surface area contributed by atoms with Gasteiger partial charge in [0.15, 0.2) is 0 Å². The van der Waals surface area contributed by atoms with E-state index in [4.69, 9.17) is 0 Å². The van der Waals surface area contributed by atoms with E-state index in [9.17, 15) is 0 Å². The molecular weight excluding hydrogens is 302 g/mol. The third kappa shape index (κ3) is 1.79. The van der Waals surface area contributed by atoms with E-state index >= 15 is 0 Å². The summed E-state index contributed by atoms with van der Waals surface area (Å²) in [6, 6.07) is 22.6. The minimum Gasteiger partial charge on any atom is -0.308 e. The first-order valence-electron chi connectivity index (χ1n) is 9.35. The molecule has 0 aliphatic carbocycles. The Morgan fingerprint density at radius 1 is 0.720 bits per heavy atom. The maximum atomic E-state index is 2.45. The van der Waals surface area contributed by atoms with Crippen molar-refractivity contribution in [1.82, 2.24) is 4.40 Å². The molecule has 3 aromatic carbocycles. The Bertz CT molecular complexity index is 1140. The van der Waals surface area contributed by atoms with Gasteiger partial charge in [0.1, 0.15) is 0 Å². The van der Waals surface area contributed by atoms with Gasteiger partial charge in [-0.25, -0.2) is 0 Å². The van der Waals surface area contributed by atoms with Crippen LogP contribution >= 0.6 is 0 Å². The molecule has 0 amide bonds. The van der Waals surface area contributed by atoms with Crippen LogP contribution in [0, 0.1) is 0 Å². The molecule has 1 heteroatoms. The highest BCUT2D eigenvalue weighted by Gasteiger charge is 2.25. The number of hydrogen-bond donors (Lipinski definition) is 0. The molecule has 0 aliphatic heterocycles. The molecule has 25 heavy (non-hydrogen) atoms. The highest BCUT2D eigenvalue weighted by molar-refractivity contribution is 6.23. The molecule has 0 spiro atoms. The third-order valence-corrected chi connectivity index (χ3v) is 6.46. The fourth-order valence-electron chi connectivity index (χ4n) is 4.46. The van der Waals surface area contributed by atoms with Gasteiger partial charge in [0.05, 0.1) is 16.6 Å². The molecule has 0 unspecified atom stereocenters. The normalized spacial score (nSPS) is 12.9. The van der Waals surface area contributed by atoms with Crippen molar-refractivity contribution in [3.63, 3.8) is 0 Å². The Morgan fingerprint density at radius 2 is 1.20 bits per heavy atom. The molecule has 124 valence electrons. The SMILES string of the molecule is CCC(C)(CC)c1cc2c3ccccc3n3c4ccccc4c(c1)c23. The van der Waals surface area contributed by atoms with Crippen LogP contribution in [0.4, 0.5) is 0 Å². The second kappa shape index (κ2) is 4.98. The summed E-state index contributed by atoms with van der Waals surface area (Å²) in [6.07, 6.45) is 2.32. The van der Waals surface area contributed by atoms with Crippen LogP contribution in [0.3, 0.4) is 0 Å². The highest BCUT2D eigenvalue weighted by Crippen LogP contribution is 2.42. The molecule has 0 bridgehead atoms. The van der Waals surface area contributed by atoms with E-state index in [0.717, 1.165) is 12.8 Å². The van der Waals surface area contributed by atoms with Gasteiger partial charge in [-0.15, -0.1) is 0 Å². The summed E-state index contributed by atoms with van der Waals surface area (Å²) in [7, 11) is 0. The van der Waals surface area contributed by atoms with Crippen molar-refractivity contribution in [3.8, 4) is 0 Å². The standard InChI is InChI=1S/C24H23N/c1-4-24(3,5-2)16-14-19-17-10-6-8-12-21(17)25-22-13-9-7-11-18(22)20(15-16)23(19)25/h6-15H,4-5H2,1-3H3. The molecule has 0 fully saturated rings. The second-order valence-electron chi connectivity index (χ2n) is 7.56. The molecule has 0 atom stereocenters. The maximum absolute atomic E-state index is 2.45. The lowest BCUT2D eigenvalue weighted by atomic mass is 9.77. The van der Waals surface area contributed by atoms with E-state index in [0.29, 0.717) is 0 Å². The Hall–Kier alpha value is -2.54. The van der Waals surface area contributed by atoms with Crippen molar-refractivity contribution in [2.75, 3.05) is 0 Å². The second-order valence-corrected chi connectivity index (χ2v) is 7.56. The number of nitrogens with zero attached hydrogens (tertiary/aromatic N) is 1. The van der Waals surface area contributed by atoms with Crippen LogP contribution in [0.1, 0.15) is 39.2 Å². The highest BCUT2D eigenvalue weighted by atomic mass is 14.9. The minimum absolute atomic E-state index is 0.228. The van der Waals surface area contributed by atoms with Crippen molar-refractivity contribution in [1.29, 1.82) is 0 Å². The number of rotatable bonds is 3. The molecule has 0 radical (unpaired) electrons. The van der Waals surface area contributed by atoms with E-state index < -0.39 is 0 Å². The fraction of sp³-hybridized carbons (Fsp3) is 0.250. The van der Waals surface area contributed by atoms with Gasteiger partial charge in [-0.2, -0.15) is 0 Å². The minimum atomic E-state index is 0.228. The van der Waals surface area contributed by atoms with Gasteiger partial charge in [-0.05, 0) is 48.1 Å². The van der Waals surface area contributed by atoms with Crippen LogP contribution in [0.25, 0.3) is 38.1 Å². The first kappa shape index (κ1) is 14.8. The Kier molecular flexibility index (Phi) is 2.94. The lowest BCUT2D eigenvalue weighted by molar-refractivity contribution is 0.440. The molecule has 0 N–H and O–H groups in total. The van der Waals surface area contributed by atoms with Crippen molar-refractivity contribution in [2.24, 2.45) is 0 Å². The predicted octanol–water partition coefficient (Wildman–Crippen LogP) is 6.91.